The van der Waals surface area contributed by atoms with Gasteiger partial charge in [-0.05, 0) is 87.1 Å². The second-order valence-electron chi connectivity index (χ2n) is 9.27. The van der Waals surface area contributed by atoms with Crippen LogP contribution in [0.1, 0.15) is 48.8 Å². The second-order valence-corrected chi connectivity index (χ2v) is 9.27. The van der Waals surface area contributed by atoms with E-state index in [9.17, 15) is 0 Å². The highest BCUT2D eigenvalue weighted by Gasteiger charge is 2.41. The Labute approximate surface area is 159 Å². The molecule has 3 heterocycles. The van der Waals surface area contributed by atoms with Crippen LogP contribution >= 0.6 is 0 Å². The number of rotatable bonds is 4. The molecule has 0 saturated carbocycles. The largest absolute Gasteiger partial charge is 0.381 e. The molecule has 0 radical (unpaired) electrons. The summed E-state index contributed by atoms with van der Waals surface area (Å²) in [5.41, 5.74) is 4.88. The number of likely N-dealkylation sites (tertiary alicyclic amines) is 2. The van der Waals surface area contributed by atoms with Crippen molar-refractivity contribution >= 4 is 0 Å². The standard InChI is InChI=1S/C23H36N2O/c1-19-4-5-22(14-20(19)2)16-25-11-9-23(18-25)8-3-10-24(17-23)15-21-6-12-26-13-7-21/h4-5,14,21H,3,6-13,15-18H2,1-2H3. The molecule has 3 heteroatoms. The monoisotopic (exact) mass is 356 g/mol. The Morgan fingerprint density at radius 1 is 1.00 bits per heavy atom. The van der Waals surface area contributed by atoms with Crippen LogP contribution in [-0.2, 0) is 11.3 Å². The van der Waals surface area contributed by atoms with E-state index in [0.717, 1.165) is 25.7 Å². The number of aryl methyl sites for hydroxylation is 2. The van der Waals surface area contributed by atoms with Crippen LogP contribution in [-0.4, -0.2) is 55.7 Å². The summed E-state index contributed by atoms with van der Waals surface area (Å²) in [7, 11) is 0. The lowest BCUT2D eigenvalue weighted by Gasteiger charge is -2.42. The molecule has 144 valence electrons. The highest BCUT2D eigenvalue weighted by atomic mass is 16.5. The van der Waals surface area contributed by atoms with Crippen LogP contribution in [0.3, 0.4) is 0 Å². The fourth-order valence-electron chi connectivity index (χ4n) is 5.42. The Kier molecular flexibility index (Phi) is 5.68. The molecule has 3 nitrogen and oxygen atoms in total. The zero-order chi connectivity index (χ0) is 18.0. The first-order chi connectivity index (χ1) is 12.6. The average molecular weight is 357 g/mol. The van der Waals surface area contributed by atoms with Gasteiger partial charge in [0.2, 0.25) is 0 Å². The van der Waals surface area contributed by atoms with Crippen LogP contribution in [0, 0.1) is 25.2 Å². The summed E-state index contributed by atoms with van der Waals surface area (Å²) in [6.07, 6.45) is 6.74. The third kappa shape index (κ3) is 4.32. The van der Waals surface area contributed by atoms with E-state index in [-0.39, 0.29) is 0 Å². The van der Waals surface area contributed by atoms with Crippen LogP contribution < -0.4 is 0 Å². The van der Waals surface area contributed by atoms with Gasteiger partial charge in [0.15, 0.2) is 0 Å². The summed E-state index contributed by atoms with van der Waals surface area (Å²) in [6, 6.07) is 7.00. The van der Waals surface area contributed by atoms with Crippen LogP contribution in [0.25, 0.3) is 0 Å². The first-order valence-corrected chi connectivity index (χ1v) is 10.7. The molecule has 0 amide bonds. The van der Waals surface area contributed by atoms with Gasteiger partial charge in [0.1, 0.15) is 0 Å². The fourth-order valence-corrected chi connectivity index (χ4v) is 5.42. The lowest BCUT2D eigenvalue weighted by atomic mass is 9.79. The minimum absolute atomic E-state index is 0.559. The first-order valence-electron chi connectivity index (χ1n) is 10.7. The minimum Gasteiger partial charge on any atom is -0.381 e. The predicted molar refractivity (Wildman–Crippen MR) is 107 cm³/mol. The molecular formula is C23H36N2O. The Hall–Kier alpha value is -0.900. The van der Waals surface area contributed by atoms with Crippen LogP contribution in [0.15, 0.2) is 18.2 Å². The predicted octanol–water partition coefficient (Wildman–Crippen LogP) is 4.02. The fraction of sp³-hybridized carbons (Fsp3) is 0.739. The van der Waals surface area contributed by atoms with E-state index in [4.69, 9.17) is 4.74 Å². The van der Waals surface area contributed by atoms with Crippen molar-refractivity contribution in [3.8, 4) is 0 Å². The zero-order valence-electron chi connectivity index (χ0n) is 16.8. The minimum atomic E-state index is 0.559. The summed E-state index contributed by atoms with van der Waals surface area (Å²) in [6.45, 7) is 14.1. The van der Waals surface area contributed by atoms with Gasteiger partial charge in [-0.1, -0.05) is 18.2 Å². The Morgan fingerprint density at radius 2 is 1.81 bits per heavy atom. The molecule has 4 rings (SSSR count). The molecule has 1 atom stereocenters. The number of ether oxygens (including phenoxy) is 1. The first kappa shape index (κ1) is 18.5. The molecule has 0 N–H and O–H groups in total. The molecule has 26 heavy (non-hydrogen) atoms. The zero-order valence-corrected chi connectivity index (χ0v) is 16.8. The quantitative estimate of drug-likeness (QED) is 0.810. The average Bonchev–Trinajstić information content (AvgIpc) is 3.01. The van der Waals surface area contributed by atoms with Gasteiger partial charge < -0.3 is 9.64 Å². The molecule has 3 aliphatic heterocycles. The van der Waals surface area contributed by atoms with Gasteiger partial charge in [0, 0.05) is 39.4 Å². The van der Waals surface area contributed by atoms with Crippen molar-refractivity contribution in [2.24, 2.45) is 11.3 Å². The van der Waals surface area contributed by atoms with E-state index in [1.165, 1.54) is 81.5 Å². The Morgan fingerprint density at radius 3 is 2.62 bits per heavy atom. The van der Waals surface area contributed by atoms with Crippen molar-refractivity contribution in [2.75, 3.05) is 45.9 Å². The van der Waals surface area contributed by atoms with Gasteiger partial charge in [0.05, 0.1) is 0 Å². The topological polar surface area (TPSA) is 15.7 Å². The van der Waals surface area contributed by atoms with E-state index in [2.05, 4.69) is 41.8 Å². The number of hydrogen-bond acceptors (Lipinski definition) is 3. The number of piperidine rings is 1. The normalized spacial score (nSPS) is 28.8. The van der Waals surface area contributed by atoms with Crippen LogP contribution in [0.5, 0.6) is 0 Å². The Balaban J connectivity index is 1.33. The van der Waals surface area contributed by atoms with E-state index in [1.54, 1.807) is 0 Å². The summed E-state index contributed by atoms with van der Waals surface area (Å²) >= 11 is 0. The van der Waals surface area contributed by atoms with Gasteiger partial charge >= 0.3 is 0 Å². The molecule has 0 aromatic heterocycles. The molecule has 3 saturated heterocycles. The molecule has 1 aromatic rings. The van der Waals surface area contributed by atoms with Crippen molar-refractivity contribution in [3.05, 3.63) is 34.9 Å². The van der Waals surface area contributed by atoms with Crippen LogP contribution in [0.4, 0.5) is 0 Å². The van der Waals surface area contributed by atoms with E-state index < -0.39 is 0 Å². The maximum atomic E-state index is 5.54. The molecular weight excluding hydrogens is 320 g/mol. The van der Waals surface area contributed by atoms with Gasteiger partial charge in [-0.15, -0.1) is 0 Å². The van der Waals surface area contributed by atoms with Gasteiger partial charge in [0.25, 0.3) is 0 Å². The van der Waals surface area contributed by atoms with E-state index in [0.29, 0.717) is 5.41 Å². The van der Waals surface area contributed by atoms with Crippen molar-refractivity contribution in [3.63, 3.8) is 0 Å². The highest BCUT2D eigenvalue weighted by molar-refractivity contribution is 5.30. The number of nitrogens with zero attached hydrogens (tertiary/aromatic N) is 2. The summed E-state index contributed by atoms with van der Waals surface area (Å²) in [4.78, 5) is 5.50. The van der Waals surface area contributed by atoms with Crippen molar-refractivity contribution in [1.82, 2.24) is 9.80 Å². The van der Waals surface area contributed by atoms with Gasteiger partial charge in [-0.2, -0.15) is 0 Å². The lowest BCUT2D eigenvalue weighted by molar-refractivity contribution is 0.0312. The van der Waals surface area contributed by atoms with E-state index >= 15 is 0 Å². The van der Waals surface area contributed by atoms with Crippen molar-refractivity contribution in [2.45, 2.75) is 52.5 Å². The van der Waals surface area contributed by atoms with Crippen LogP contribution in [0.2, 0.25) is 0 Å². The summed E-state index contributed by atoms with van der Waals surface area (Å²) in [5, 5.41) is 0. The second kappa shape index (κ2) is 8.00. The van der Waals surface area contributed by atoms with Crippen molar-refractivity contribution < 1.29 is 4.74 Å². The van der Waals surface area contributed by atoms with Gasteiger partial charge in [-0.3, -0.25) is 4.90 Å². The summed E-state index contributed by atoms with van der Waals surface area (Å²) in [5.74, 6) is 0.868. The van der Waals surface area contributed by atoms with Crippen molar-refractivity contribution in [1.29, 1.82) is 0 Å². The third-order valence-corrected chi connectivity index (χ3v) is 7.09. The molecule has 1 spiro atoms. The van der Waals surface area contributed by atoms with E-state index in [1.807, 2.05) is 0 Å². The number of benzene rings is 1. The molecule has 1 aromatic carbocycles. The maximum Gasteiger partial charge on any atom is 0.0469 e. The molecule has 0 bridgehead atoms. The molecule has 0 aliphatic carbocycles. The maximum absolute atomic E-state index is 5.54. The molecule has 1 unspecified atom stereocenters. The SMILES string of the molecule is Cc1ccc(CN2CCC3(CCCN(CC4CCOCC4)C3)C2)cc1C. The lowest BCUT2D eigenvalue weighted by Crippen LogP contribution is -2.46. The highest BCUT2D eigenvalue weighted by Crippen LogP contribution is 2.40. The number of hydrogen-bond donors (Lipinski definition) is 0. The van der Waals surface area contributed by atoms with Gasteiger partial charge in [-0.25, -0.2) is 0 Å². The smallest absolute Gasteiger partial charge is 0.0469 e. The molecule has 3 aliphatic rings. The Bertz CT molecular complexity index is 610. The molecule has 3 fully saturated rings. The third-order valence-electron chi connectivity index (χ3n) is 7.09. The summed E-state index contributed by atoms with van der Waals surface area (Å²) < 4.78 is 5.54.